The highest BCUT2D eigenvalue weighted by molar-refractivity contribution is 5.89. The van der Waals surface area contributed by atoms with E-state index in [0.717, 1.165) is 22.3 Å². The molecule has 0 unspecified atom stereocenters. The predicted octanol–water partition coefficient (Wildman–Crippen LogP) is 4.11. The number of hydrogen-bond donors (Lipinski definition) is 1. The van der Waals surface area contributed by atoms with Crippen LogP contribution in [-0.4, -0.2) is 16.1 Å². The summed E-state index contributed by atoms with van der Waals surface area (Å²) < 4.78 is 0. The van der Waals surface area contributed by atoms with Crippen LogP contribution in [0.2, 0.25) is 0 Å². The highest BCUT2D eigenvalue weighted by Crippen LogP contribution is 2.31. The molecule has 3 aromatic rings. The van der Waals surface area contributed by atoms with Crippen molar-refractivity contribution in [1.82, 2.24) is 4.98 Å². The molecule has 3 heteroatoms. The van der Waals surface area contributed by atoms with E-state index in [1.807, 2.05) is 48.5 Å². The molecule has 1 heterocycles. The van der Waals surface area contributed by atoms with Gasteiger partial charge in [0, 0.05) is 18.0 Å². The van der Waals surface area contributed by atoms with Crippen molar-refractivity contribution in [1.29, 1.82) is 0 Å². The molecule has 0 saturated heterocycles. The topological polar surface area (TPSA) is 50.2 Å². The van der Waals surface area contributed by atoms with Crippen LogP contribution >= 0.6 is 0 Å². The molecule has 0 bridgehead atoms. The van der Waals surface area contributed by atoms with Crippen molar-refractivity contribution in [3.05, 3.63) is 78.6 Å². The number of pyridine rings is 1. The van der Waals surface area contributed by atoms with Crippen LogP contribution in [0.25, 0.3) is 22.3 Å². The Bertz CT molecular complexity index is 765. The van der Waals surface area contributed by atoms with Crippen molar-refractivity contribution < 1.29 is 9.90 Å². The number of rotatable bonds is 3. The highest BCUT2D eigenvalue weighted by Gasteiger charge is 2.08. The summed E-state index contributed by atoms with van der Waals surface area (Å²) in [5.74, 6) is -0.920. The lowest BCUT2D eigenvalue weighted by Crippen LogP contribution is -1.95. The van der Waals surface area contributed by atoms with Gasteiger partial charge in [0.1, 0.15) is 0 Å². The lowest BCUT2D eigenvalue weighted by Gasteiger charge is -2.09. The zero-order chi connectivity index (χ0) is 14.7. The first-order valence-corrected chi connectivity index (χ1v) is 6.59. The van der Waals surface area contributed by atoms with E-state index < -0.39 is 5.97 Å². The number of carbonyl (C=O) groups is 1. The average Bonchev–Trinajstić information content (AvgIpc) is 2.56. The maximum absolute atomic E-state index is 10.9. The average molecular weight is 275 g/mol. The second-order valence-corrected chi connectivity index (χ2v) is 4.67. The SMILES string of the molecule is O=C(O)c1ccc(-c2cnccc2-c2ccccc2)cc1. The Morgan fingerprint density at radius 3 is 2.14 bits per heavy atom. The Labute approximate surface area is 122 Å². The van der Waals surface area contributed by atoms with Gasteiger partial charge in [0.05, 0.1) is 5.56 Å². The van der Waals surface area contributed by atoms with Crippen molar-refractivity contribution in [3.63, 3.8) is 0 Å². The molecular formula is C18H13NO2. The number of nitrogens with zero attached hydrogens (tertiary/aromatic N) is 1. The van der Waals surface area contributed by atoms with E-state index >= 15 is 0 Å². The third-order valence-electron chi connectivity index (χ3n) is 3.35. The molecule has 2 aromatic carbocycles. The van der Waals surface area contributed by atoms with Gasteiger partial charge in [-0.3, -0.25) is 4.98 Å². The molecule has 21 heavy (non-hydrogen) atoms. The smallest absolute Gasteiger partial charge is 0.335 e. The Balaban J connectivity index is 2.09. The Hall–Kier alpha value is -2.94. The minimum Gasteiger partial charge on any atom is -0.478 e. The molecular weight excluding hydrogens is 262 g/mol. The lowest BCUT2D eigenvalue weighted by atomic mass is 9.96. The Kier molecular flexibility index (Phi) is 3.48. The summed E-state index contributed by atoms with van der Waals surface area (Å²) in [6, 6.07) is 18.9. The number of benzene rings is 2. The maximum atomic E-state index is 10.9. The van der Waals surface area contributed by atoms with Crippen molar-refractivity contribution in [3.8, 4) is 22.3 Å². The van der Waals surface area contributed by atoms with Gasteiger partial charge in [-0.25, -0.2) is 4.79 Å². The van der Waals surface area contributed by atoms with E-state index in [1.54, 1.807) is 24.5 Å². The molecule has 0 saturated carbocycles. The van der Waals surface area contributed by atoms with Crippen molar-refractivity contribution in [2.45, 2.75) is 0 Å². The van der Waals surface area contributed by atoms with Gasteiger partial charge in [-0.2, -0.15) is 0 Å². The summed E-state index contributed by atoms with van der Waals surface area (Å²) >= 11 is 0. The first-order valence-electron chi connectivity index (χ1n) is 6.59. The zero-order valence-corrected chi connectivity index (χ0v) is 11.2. The second kappa shape index (κ2) is 5.59. The number of aromatic carboxylic acids is 1. The van der Waals surface area contributed by atoms with Gasteiger partial charge in [-0.1, -0.05) is 42.5 Å². The van der Waals surface area contributed by atoms with Crippen molar-refractivity contribution in [2.75, 3.05) is 0 Å². The molecule has 0 aliphatic rings. The fourth-order valence-corrected chi connectivity index (χ4v) is 2.29. The highest BCUT2D eigenvalue weighted by atomic mass is 16.4. The van der Waals surface area contributed by atoms with Crippen LogP contribution in [0.1, 0.15) is 10.4 Å². The zero-order valence-electron chi connectivity index (χ0n) is 11.2. The van der Waals surface area contributed by atoms with Gasteiger partial charge in [-0.15, -0.1) is 0 Å². The fraction of sp³-hybridized carbons (Fsp3) is 0. The summed E-state index contributed by atoms with van der Waals surface area (Å²) in [5, 5.41) is 8.97. The summed E-state index contributed by atoms with van der Waals surface area (Å²) in [6.45, 7) is 0. The maximum Gasteiger partial charge on any atom is 0.335 e. The first kappa shape index (κ1) is 13.1. The normalized spacial score (nSPS) is 10.3. The molecule has 0 atom stereocenters. The van der Waals surface area contributed by atoms with Crippen molar-refractivity contribution in [2.24, 2.45) is 0 Å². The molecule has 1 N–H and O–H groups in total. The third-order valence-corrected chi connectivity index (χ3v) is 3.35. The van der Waals surface area contributed by atoms with Gasteiger partial charge in [0.15, 0.2) is 0 Å². The lowest BCUT2D eigenvalue weighted by molar-refractivity contribution is 0.0697. The van der Waals surface area contributed by atoms with Gasteiger partial charge in [0.25, 0.3) is 0 Å². The summed E-state index contributed by atoms with van der Waals surface area (Å²) in [7, 11) is 0. The van der Waals surface area contributed by atoms with Gasteiger partial charge < -0.3 is 5.11 Å². The summed E-state index contributed by atoms with van der Waals surface area (Å²) in [4.78, 5) is 15.1. The van der Waals surface area contributed by atoms with E-state index in [1.165, 1.54) is 0 Å². The second-order valence-electron chi connectivity index (χ2n) is 4.67. The van der Waals surface area contributed by atoms with Crippen LogP contribution in [0.5, 0.6) is 0 Å². The van der Waals surface area contributed by atoms with E-state index in [9.17, 15) is 4.79 Å². The van der Waals surface area contributed by atoms with Crippen LogP contribution in [0.3, 0.4) is 0 Å². The quantitative estimate of drug-likeness (QED) is 0.782. The van der Waals surface area contributed by atoms with Crippen LogP contribution in [0.4, 0.5) is 0 Å². The van der Waals surface area contributed by atoms with Gasteiger partial charge >= 0.3 is 5.97 Å². The van der Waals surface area contributed by atoms with E-state index in [2.05, 4.69) is 4.98 Å². The molecule has 0 fully saturated rings. The minimum absolute atomic E-state index is 0.281. The number of hydrogen-bond acceptors (Lipinski definition) is 2. The molecule has 3 nitrogen and oxygen atoms in total. The standard InChI is InChI=1S/C18H13NO2/c20-18(21)15-8-6-14(7-9-15)17-12-19-11-10-16(17)13-4-2-1-3-5-13/h1-12H,(H,20,21). The Morgan fingerprint density at radius 2 is 1.48 bits per heavy atom. The van der Waals surface area contributed by atoms with Crippen LogP contribution in [0, 0.1) is 0 Å². The monoisotopic (exact) mass is 275 g/mol. The largest absolute Gasteiger partial charge is 0.478 e. The third kappa shape index (κ3) is 2.67. The number of aromatic nitrogens is 1. The number of carboxylic acid groups (broad SMARTS) is 1. The molecule has 0 aliphatic heterocycles. The molecule has 0 radical (unpaired) electrons. The van der Waals surface area contributed by atoms with E-state index in [4.69, 9.17) is 5.11 Å². The molecule has 0 spiro atoms. The predicted molar refractivity (Wildman–Crippen MR) is 82.1 cm³/mol. The van der Waals surface area contributed by atoms with E-state index in [0.29, 0.717) is 0 Å². The molecule has 1 aromatic heterocycles. The Morgan fingerprint density at radius 1 is 0.810 bits per heavy atom. The molecule has 102 valence electrons. The molecule has 0 aliphatic carbocycles. The van der Waals surface area contributed by atoms with Crippen LogP contribution in [0.15, 0.2) is 73.1 Å². The van der Waals surface area contributed by atoms with Gasteiger partial charge in [0.2, 0.25) is 0 Å². The summed E-state index contributed by atoms with van der Waals surface area (Å²) in [5.41, 5.74) is 4.40. The van der Waals surface area contributed by atoms with Crippen LogP contribution in [-0.2, 0) is 0 Å². The fourth-order valence-electron chi connectivity index (χ4n) is 2.29. The number of carboxylic acids is 1. The molecule has 0 amide bonds. The van der Waals surface area contributed by atoms with Gasteiger partial charge in [-0.05, 0) is 34.9 Å². The van der Waals surface area contributed by atoms with Crippen LogP contribution < -0.4 is 0 Å². The van der Waals surface area contributed by atoms with Crippen molar-refractivity contribution >= 4 is 5.97 Å². The minimum atomic E-state index is -0.920. The summed E-state index contributed by atoms with van der Waals surface area (Å²) in [6.07, 6.45) is 3.57. The first-order chi connectivity index (χ1) is 10.3. The van der Waals surface area contributed by atoms with E-state index in [-0.39, 0.29) is 5.56 Å². The molecule has 3 rings (SSSR count).